The minimum atomic E-state index is -0.296. The van der Waals surface area contributed by atoms with Crippen LogP contribution in [0.25, 0.3) is 22.2 Å². The van der Waals surface area contributed by atoms with Crippen molar-refractivity contribution in [3.05, 3.63) is 102 Å². The molecule has 3 heteroatoms. The van der Waals surface area contributed by atoms with Gasteiger partial charge in [-0.2, -0.15) is 0 Å². The van der Waals surface area contributed by atoms with Crippen LogP contribution in [0.15, 0.2) is 91.0 Å². The number of hydrogen-bond acceptors (Lipinski definition) is 2. The van der Waals surface area contributed by atoms with Gasteiger partial charge >= 0.3 is 0 Å². The number of nitrogens with zero attached hydrogens (tertiary/aromatic N) is 1. The van der Waals surface area contributed by atoms with Gasteiger partial charge in [0, 0.05) is 10.9 Å². The highest BCUT2D eigenvalue weighted by Crippen LogP contribution is 2.39. The Bertz CT molecular complexity index is 1180. The summed E-state index contributed by atoms with van der Waals surface area (Å²) in [7, 11) is 0. The number of carbonyl (C=O) groups is 1. The van der Waals surface area contributed by atoms with Gasteiger partial charge < -0.3 is 5.32 Å². The molecule has 1 amide bonds. The molecule has 0 radical (unpaired) electrons. The van der Waals surface area contributed by atoms with Crippen LogP contribution in [0.4, 0.5) is 0 Å². The van der Waals surface area contributed by atoms with Crippen molar-refractivity contribution in [1.82, 2.24) is 10.3 Å². The predicted molar refractivity (Wildman–Crippen MR) is 121 cm³/mol. The molecule has 0 aliphatic heterocycles. The average Bonchev–Trinajstić information content (AvgIpc) is 3.29. The molecule has 0 spiro atoms. The molecule has 0 unspecified atom stereocenters. The van der Waals surface area contributed by atoms with Gasteiger partial charge in [0.05, 0.1) is 22.3 Å². The summed E-state index contributed by atoms with van der Waals surface area (Å²) in [5.41, 5.74) is 4.24. The summed E-state index contributed by atoms with van der Waals surface area (Å²) in [5, 5.41) is 4.31. The first-order chi connectivity index (χ1) is 14.8. The zero-order valence-corrected chi connectivity index (χ0v) is 16.8. The van der Waals surface area contributed by atoms with Crippen LogP contribution in [0.1, 0.15) is 41.6 Å². The quantitative estimate of drug-likeness (QED) is 0.456. The van der Waals surface area contributed by atoms with Crippen molar-refractivity contribution in [3.63, 3.8) is 0 Å². The third-order valence-corrected chi connectivity index (χ3v) is 6.17. The van der Waals surface area contributed by atoms with Crippen LogP contribution in [-0.2, 0) is 5.54 Å². The lowest BCUT2D eigenvalue weighted by atomic mass is 9.87. The highest BCUT2D eigenvalue weighted by atomic mass is 16.1. The molecule has 30 heavy (non-hydrogen) atoms. The Labute approximate surface area is 176 Å². The van der Waals surface area contributed by atoms with E-state index in [0.717, 1.165) is 47.8 Å². The number of carbonyl (C=O) groups excluding carboxylic acids is 1. The molecule has 0 atom stereocenters. The molecule has 5 rings (SSSR count). The molecule has 0 bridgehead atoms. The molecular formula is C27H24N2O. The maximum atomic E-state index is 13.6. The van der Waals surface area contributed by atoms with Gasteiger partial charge in [-0.3, -0.25) is 4.79 Å². The third-order valence-electron chi connectivity index (χ3n) is 6.17. The number of rotatable bonds is 4. The molecular weight excluding hydrogens is 368 g/mol. The van der Waals surface area contributed by atoms with Gasteiger partial charge in [0.2, 0.25) is 0 Å². The Morgan fingerprint density at radius 1 is 0.800 bits per heavy atom. The summed E-state index contributed by atoms with van der Waals surface area (Å²) in [6.07, 6.45) is 4.19. The van der Waals surface area contributed by atoms with E-state index in [-0.39, 0.29) is 11.4 Å². The molecule has 4 aromatic rings. The normalized spacial score (nSPS) is 15.2. The number of para-hydroxylation sites is 1. The molecule has 1 aliphatic carbocycles. The Morgan fingerprint density at radius 3 is 2.17 bits per heavy atom. The average molecular weight is 393 g/mol. The summed E-state index contributed by atoms with van der Waals surface area (Å²) >= 11 is 0. The zero-order valence-electron chi connectivity index (χ0n) is 16.8. The number of hydrogen-bond donors (Lipinski definition) is 1. The summed E-state index contributed by atoms with van der Waals surface area (Å²) in [6.45, 7) is 0. The topological polar surface area (TPSA) is 42.0 Å². The molecule has 1 aliphatic rings. The van der Waals surface area contributed by atoms with Crippen LogP contribution in [-0.4, -0.2) is 10.9 Å². The Kier molecular flexibility index (Phi) is 4.80. The van der Waals surface area contributed by atoms with E-state index in [1.54, 1.807) is 0 Å². The minimum Gasteiger partial charge on any atom is -0.343 e. The first-order valence-corrected chi connectivity index (χ1v) is 10.6. The van der Waals surface area contributed by atoms with E-state index >= 15 is 0 Å². The largest absolute Gasteiger partial charge is 0.343 e. The van der Waals surface area contributed by atoms with Crippen molar-refractivity contribution in [1.29, 1.82) is 0 Å². The van der Waals surface area contributed by atoms with E-state index in [9.17, 15) is 4.79 Å². The Morgan fingerprint density at radius 2 is 1.43 bits per heavy atom. The summed E-state index contributed by atoms with van der Waals surface area (Å²) in [4.78, 5) is 18.5. The Hall–Kier alpha value is -3.46. The fourth-order valence-electron chi connectivity index (χ4n) is 4.63. The molecule has 1 aromatic heterocycles. The highest BCUT2D eigenvalue weighted by Gasteiger charge is 2.37. The van der Waals surface area contributed by atoms with Crippen LogP contribution in [0.2, 0.25) is 0 Å². The van der Waals surface area contributed by atoms with Crippen LogP contribution in [0.5, 0.6) is 0 Å². The molecule has 3 aromatic carbocycles. The van der Waals surface area contributed by atoms with Crippen LogP contribution in [0.3, 0.4) is 0 Å². The number of fused-ring (bicyclic) bond motifs is 1. The lowest BCUT2D eigenvalue weighted by molar-refractivity contribution is 0.0900. The van der Waals surface area contributed by atoms with Crippen molar-refractivity contribution in [3.8, 4) is 11.3 Å². The summed E-state index contributed by atoms with van der Waals surface area (Å²) in [6, 6.07) is 30.2. The van der Waals surface area contributed by atoms with Crippen LogP contribution < -0.4 is 5.32 Å². The number of amides is 1. The third kappa shape index (κ3) is 3.37. The van der Waals surface area contributed by atoms with Crippen molar-refractivity contribution in [2.75, 3.05) is 0 Å². The molecule has 3 nitrogen and oxygen atoms in total. The van der Waals surface area contributed by atoms with E-state index in [1.807, 2.05) is 66.7 Å². The van der Waals surface area contributed by atoms with Gasteiger partial charge in [0.25, 0.3) is 5.91 Å². The summed E-state index contributed by atoms with van der Waals surface area (Å²) < 4.78 is 0. The van der Waals surface area contributed by atoms with Gasteiger partial charge in [-0.05, 0) is 30.5 Å². The van der Waals surface area contributed by atoms with Gasteiger partial charge in [-0.15, -0.1) is 0 Å². The van der Waals surface area contributed by atoms with Crippen molar-refractivity contribution >= 4 is 16.8 Å². The molecule has 1 fully saturated rings. The Balaban J connectivity index is 1.59. The van der Waals surface area contributed by atoms with Gasteiger partial charge in [-0.1, -0.05) is 91.7 Å². The maximum Gasteiger partial charge on any atom is 0.252 e. The second-order valence-corrected chi connectivity index (χ2v) is 8.05. The van der Waals surface area contributed by atoms with E-state index in [4.69, 9.17) is 4.98 Å². The highest BCUT2D eigenvalue weighted by molar-refractivity contribution is 6.07. The molecule has 1 heterocycles. The molecule has 1 N–H and O–H groups in total. The molecule has 0 saturated heterocycles. The SMILES string of the molecule is O=C(NC1(c2ccccc2)CCCC1)c1cc(-c2ccccc2)nc2ccccc12. The van der Waals surface area contributed by atoms with Crippen molar-refractivity contribution in [2.24, 2.45) is 0 Å². The van der Waals surface area contributed by atoms with Crippen molar-refractivity contribution in [2.45, 2.75) is 31.2 Å². The van der Waals surface area contributed by atoms with Crippen LogP contribution >= 0.6 is 0 Å². The first-order valence-electron chi connectivity index (χ1n) is 10.6. The summed E-state index contributed by atoms with van der Waals surface area (Å²) in [5.74, 6) is -0.0310. The smallest absolute Gasteiger partial charge is 0.252 e. The molecule has 1 saturated carbocycles. The number of benzene rings is 3. The second-order valence-electron chi connectivity index (χ2n) is 8.05. The number of pyridine rings is 1. The lowest BCUT2D eigenvalue weighted by Crippen LogP contribution is -2.43. The van der Waals surface area contributed by atoms with Gasteiger partial charge in [0.1, 0.15) is 0 Å². The predicted octanol–water partition coefficient (Wildman–Crippen LogP) is 6.10. The fraction of sp³-hybridized carbons (Fsp3) is 0.185. The van der Waals surface area contributed by atoms with E-state index in [1.165, 1.54) is 5.56 Å². The fourth-order valence-corrected chi connectivity index (χ4v) is 4.63. The number of nitrogens with one attached hydrogen (secondary N) is 1. The monoisotopic (exact) mass is 392 g/mol. The maximum absolute atomic E-state index is 13.6. The minimum absolute atomic E-state index is 0.0310. The van der Waals surface area contributed by atoms with E-state index in [0.29, 0.717) is 5.56 Å². The number of aromatic nitrogens is 1. The first kappa shape index (κ1) is 18.6. The lowest BCUT2D eigenvalue weighted by Gasteiger charge is -2.31. The zero-order chi connectivity index (χ0) is 20.4. The van der Waals surface area contributed by atoms with E-state index in [2.05, 4.69) is 29.6 Å². The van der Waals surface area contributed by atoms with E-state index < -0.39 is 0 Å². The second kappa shape index (κ2) is 7.75. The standard InChI is InChI=1S/C27H24N2O/c30-26(29-27(17-9-10-18-27)21-13-5-2-6-14-21)23-19-25(20-11-3-1-4-12-20)28-24-16-8-7-15-22(23)24/h1-8,11-16,19H,9-10,17-18H2,(H,29,30). The van der Waals surface area contributed by atoms with Crippen molar-refractivity contribution < 1.29 is 4.79 Å². The molecule has 148 valence electrons. The van der Waals surface area contributed by atoms with Crippen LogP contribution in [0, 0.1) is 0 Å². The van der Waals surface area contributed by atoms with Gasteiger partial charge in [-0.25, -0.2) is 4.98 Å². The van der Waals surface area contributed by atoms with Gasteiger partial charge in [0.15, 0.2) is 0 Å².